The van der Waals surface area contributed by atoms with Crippen LogP contribution in [0.4, 0.5) is 0 Å². The summed E-state index contributed by atoms with van der Waals surface area (Å²) in [6.07, 6.45) is 3.35. The van der Waals surface area contributed by atoms with Crippen LogP contribution in [0.15, 0.2) is 72.9 Å². The minimum atomic E-state index is -0.237. The number of para-hydroxylation sites is 1. The van der Waals surface area contributed by atoms with E-state index in [0.717, 1.165) is 16.5 Å². The second-order valence-electron chi connectivity index (χ2n) is 6.00. The SMILES string of the molecule is CC.CS.N#Cc1cccc(C(=O)c2c[nH]c3c(OCc4ccccc4)cccc23)n1. The molecule has 0 spiro atoms. The summed E-state index contributed by atoms with van der Waals surface area (Å²) >= 11 is 3.53. The standard InChI is InChI=1S/C22H15N3O2.C2H6.CH4S/c23-12-16-8-4-10-19(25-16)22(26)18-13-24-21-17(18)9-5-11-20(21)27-14-15-6-2-1-3-7-15;2*1-2/h1-11,13,24H,14H2;1-2H3;2H,1H3. The second kappa shape index (κ2) is 12.2. The molecular formula is C25H25N3O2S. The van der Waals surface area contributed by atoms with Crippen LogP contribution in [0.25, 0.3) is 10.9 Å². The summed E-state index contributed by atoms with van der Waals surface area (Å²) in [6.45, 7) is 4.44. The van der Waals surface area contributed by atoms with Crippen LogP contribution >= 0.6 is 12.6 Å². The molecule has 0 saturated heterocycles. The van der Waals surface area contributed by atoms with Crippen LogP contribution in [0.5, 0.6) is 5.75 Å². The van der Waals surface area contributed by atoms with E-state index in [9.17, 15) is 4.79 Å². The fourth-order valence-electron chi connectivity index (χ4n) is 2.93. The van der Waals surface area contributed by atoms with Crippen LogP contribution < -0.4 is 4.74 Å². The predicted molar refractivity (Wildman–Crippen MR) is 128 cm³/mol. The molecule has 2 aromatic heterocycles. The number of nitrogens with one attached hydrogen (secondary N) is 1. The van der Waals surface area contributed by atoms with Crippen molar-refractivity contribution >= 4 is 29.3 Å². The summed E-state index contributed by atoms with van der Waals surface area (Å²) < 4.78 is 5.94. The predicted octanol–water partition coefficient (Wildman–Crippen LogP) is 5.82. The lowest BCUT2D eigenvalue weighted by Crippen LogP contribution is -2.04. The first-order valence-electron chi connectivity index (χ1n) is 9.89. The molecule has 5 nitrogen and oxygen atoms in total. The van der Waals surface area contributed by atoms with Gasteiger partial charge in [-0.05, 0) is 30.0 Å². The Morgan fingerprint density at radius 1 is 1.03 bits per heavy atom. The number of aromatic amines is 1. The molecule has 0 aliphatic rings. The van der Waals surface area contributed by atoms with Gasteiger partial charge in [-0.3, -0.25) is 4.79 Å². The van der Waals surface area contributed by atoms with Gasteiger partial charge in [0.25, 0.3) is 0 Å². The number of nitrogens with zero attached hydrogens (tertiary/aromatic N) is 2. The fraction of sp³-hybridized carbons (Fsp3) is 0.160. The van der Waals surface area contributed by atoms with Gasteiger partial charge in [0.15, 0.2) is 0 Å². The first-order valence-corrected chi connectivity index (χ1v) is 10.8. The molecule has 2 aromatic carbocycles. The smallest absolute Gasteiger partial charge is 0.213 e. The first kappa shape index (κ1) is 23.7. The van der Waals surface area contributed by atoms with E-state index in [-0.39, 0.29) is 17.2 Å². The maximum atomic E-state index is 12.8. The number of nitriles is 1. The van der Waals surface area contributed by atoms with Crippen molar-refractivity contribution in [2.45, 2.75) is 20.5 Å². The fourth-order valence-corrected chi connectivity index (χ4v) is 2.93. The zero-order valence-corrected chi connectivity index (χ0v) is 18.7. The van der Waals surface area contributed by atoms with Gasteiger partial charge < -0.3 is 9.72 Å². The molecule has 0 saturated carbocycles. The van der Waals surface area contributed by atoms with E-state index >= 15 is 0 Å². The number of benzene rings is 2. The highest BCUT2D eigenvalue weighted by molar-refractivity contribution is 7.79. The highest BCUT2D eigenvalue weighted by atomic mass is 32.1. The Morgan fingerprint density at radius 3 is 2.45 bits per heavy atom. The van der Waals surface area contributed by atoms with E-state index in [1.165, 1.54) is 0 Å². The van der Waals surface area contributed by atoms with E-state index < -0.39 is 0 Å². The van der Waals surface area contributed by atoms with Crippen molar-refractivity contribution in [1.29, 1.82) is 5.26 Å². The molecule has 0 aliphatic heterocycles. The van der Waals surface area contributed by atoms with Crippen molar-refractivity contribution in [2.24, 2.45) is 0 Å². The van der Waals surface area contributed by atoms with Crippen molar-refractivity contribution in [3.05, 3.63) is 95.4 Å². The Hall–Kier alpha value is -3.56. The quantitative estimate of drug-likeness (QED) is 0.308. The molecule has 2 heterocycles. The molecule has 0 bridgehead atoms. The Labute approximate surface area is 188 Å². The number of ether oxygens (including phenoxy) is 1. The van der Waals surface area contributed by atoms with Crippen LogP contribution in [0.3, 0.4) is 0 Å². The highest BCUT2D eigenvalue weighted by Crippen LogP contribution is 2.29. The average Bonchev–Trinajstić information content (AvgIpc) is 3.30. The first-order chi connectivity index (χ1) is 15.3. The third kappa shape index (κ3) is 5.74. The van der Waals surface area contributed by atoms with E-state index in [0.29, 0.717) is 17.9 Å². The zero-order valence-electron chi connectivity index (χ0n) is 17.8. The number of aromatic nitrogens is 2. The molecule has 0 atom stereocenters. The Morgan fingerprint density at radius 2 is 1.74 bits per heavy atom. The molecular weight excluding hydrogens is 406 g/mol. The number of carbonyl (C=O) groups is 1. The highest BCUT2D eigenvalue weighted by Gasteiger charge is 2.17. The molecule has 31 heavy (non-hydrogen) atoms. The van der Waals surface area contributed by atoms with Crippen molar-refractivity contribution in [3.8, 4) is 11.8 Å². The lowest BCUT2D eigenvalue weighted by Gasteiger charge is -2.07. The number of H-pyrrole nitrogens is 1. The molecule has 0 radical (unpaired) electrons. The lowest BCUT2D eigenvalue weighted by molar-refractivity contribution is 0.103. The summed E-state index contributed by atoms with van der Waals surface area (Å²) in [4.78, 5) is 20.1. The molecule has 4 aromatic rings. The van der Waals surface area contributed by atoms with E-state index in [4.69, 9.17) is 10.00 Å². The number of fused-ring (bicyclic) bond motifs is 1. The average molecular weight is 432 g/mol. The Balaban J connectivity index is 0.000000807. The third-order valence-corrected chi connectivity index (χ3v) is 4.26. The minimum Gasteiger partial charge on any atom is -0.487 e. The largest absolute Gasteiger partial charge is 0.487 e. The maximum absolute atomic E-state index is 12.8. The van der Waals surface area contributed by atoms with E-state index in [1.54, 1.807) is 30.7 Å². The molecule has 158 valence electrons. The molecule has 1 N–H and O–H groups in total. The van der Waals surface area contributed by atoms with Crippen molar-refractivity contribution in [3.63, 3.8) is 0 Å². The summed E-state index contributed by atoms with van der Waals surface area (Å²) in [5, 5.41) is 9.75. The molecule has 6 heteroatoms. The number of thiol groups is 1. The third-order valence-electron chi connectivity index (χ3n) is 4.26. The Bertz CT molecular complexity index is 1160. The zero-order chi connectivity index (χ0) is 22.6. The summed E-state index contributed by atoms with van der Waals surface area (Å²) in [7, 11) is 0. The number of rotatable bonds is 5. The van der Waals surface area contributed by atoms with Gasteiger partial charge in [0.2, 0.25) is 5.78 Å². The molecule has 0 fully saturated rings. The van der Waals surface area contributed by atoms with Gasteiger partial charge in [-0.25, -0.2) is 4.98 Å². The van der Waals surface area contributed by atoms with Crippen LogP contribution in [-0.4, -0.2) is 22.0 Å². The summed E-state index contributed by atoms with van der Waals surface area (Å²) in [5.74, 6) is 0.438. The number of carbonyl (C=O) groups excluding carboxylic acids is 1. The van der Waals surface area contributed by atoms with Gasteiger partial charge >= 0.3 is 0 Å². The van der Waals surface area contributed by atoms with Crippen LogP contribution in [0.2, 0.25) is 0 Å². The van der Waals surface area contributed by atoms with Crippen LogP contribution in [0.1, 0.15) is 41.2 Å². The normalized spacial score (nSPS) is 9.52. The summed E-state index contributed by atoms with van der Waals surface area (Å²) in [5.41, 5.74) is 2.78. The number of hydrogen-bond acceptors (Lipinski definition) is 5. The van der Waals surface area contributed by atoms with Gasteiger partial charge in [0, 0.05) is 17.1 Å². The number of ketones is 1. The van der Waals surface area contributed by atoms with Crippen molar-refractivity contribution in [2.75, 3.05) is 6.26 Å². The molecule has 0 amide bonds. The number of hydrogen-bond donors (Lipinski definition) is 2. The van der Waals surface area contributed by atoms with Crippen LogP contribution in [-0.2, 0) is 6.61 Å². The lowest BCUT2D eigenvalue weighted by atomic mass is 10.1. The molecule has 0 unspecified atom stereocenters. The van der Waals surface area contributed by atoms with Crippen molar-refractivity contribution in [1.82, 2.24) is 9.97 Å². The van der Waals surface area contributed by atoms with Gasteiger partial charge in [0.1, 0.15) is 29.8 Å². The van der Waals surface area contributed by atoms with Crippen molar-refractivity contribution < 1.29 is 9.53 Å². The van der Waals surface area contributed by atoms with Gasteiger partial charge in [-0.1, -0.05) is 62.4 Å². The molecule has 0 aliphatic carbocycles. The van der Waals surface area contributed by atoms with Gasteiger partial charge in [0.05, 0.1) is 5.52 Å². The van der Waals surface area contributed by atoms with Gasteiger partial charge in [-0.2, -0.15) is 17.9 Å². The van der Waals surface area contributed by atoms with Gasteiger partial charge in [-0.15, -0.1) is 0 Å². The molecule has 4 rings (SSSR count). The van der Waals surface area contributed by atoms with Crippen LogP contribution in [0, 0.1) is 11.3 Å². The monoisotopic (exact) mass is 431 g/mol. The topological polar surface area (TPSA) is 78.8 Å². The number of pyridine rings is 1. The minimum absolute atomic E-state index is 0.215. The maximum Gasteiger partial charge on any atom is 0.213 e. The Kier molecular flexibility index (Phi) is 9.34. The van der Waals surface area contributed by atoms with E-state index in [1.807, 2.05) is 68.4 Å². The summed E-state index contributed by atoms with van der Waals surface area (Å²) in [6, 6.07) is 22.3. The second-order valence-corrected chi connectivity index (χ2v) is 6.00. The van der Waals surface area contributed by atoms with E-state index in [2.05, 4.69) is 22.6 Å².